The van der Waals surface area contributed by atoms with Gasteiger partial charge in [0.25, 0.3) is 5.91 Å². The molecule has 156 valence electrons. The number of carbonyl (C=O) groups excluding carboxylic acids is 2. The molecule has 2 amide bonds. The first-order valence-corrected chi connectivity index (χ1v) is 10.00. The summed E-state index contributed by atoms with van der Waals surface area (Å²) in [5.74, 6) is 0.366. The highest BCUT2D eigenvalue weighted by atomic mass is 35.5. The van der Waals surface area contributed by atoms with Crippen molar-refractivity contribution < 1.29 is 19.1 Å². The minimum atomic E-state index is -0.798. The molecule has 29 heavy (non-hydrogen) atoms. The predicted molar refractivity (Wildman–Crippen MR) is 116 cm³/mol. The summed E-state index contributed by atoms with van der Waals surface area (Å²) < 4.78 is 10.9. The van der Waals surface area contributed by atoms with E-state index >= 15 is 0 Å². The van der Waals surface area contributed by atoms with E-state index in [-0.39, 0.29) is 11.8 Å². The van der Waals surface area contributed by atoms with E-state index in [2.05, 4.69) is 10.6 Å². The van der Waals surface area contributed by atoms with Gasteiger partial charge in [-0.25, -0.2) is 0 Å². The van der Waals surface area contributed by atoms with Crippen molar-refractivity contribution in [3.63, 3.8) is 0 Å². The van der Waals surface area contributed by atoms with Gasteiger partial charge in [-0.2, -0.15) is 0 Å². The SMILES string of the molecule is CCCCC(=O)Nc1ccc(NC(=O)C(C)Oc2ccc(Cl)cc2Cl)cc1OC. The van der Waals surface area contributed by atoms with E-state index in [0.717, 1.165) is 12.8 Å². The van der Waals surface area contributed by atoms with Gasteiger partial charge in [-0.3, -0.25) is 9.59 Å². The summed E-state index contributed by atoms with van der Waals surface area (Å²) in [6, 6.07) is 9.77. The molecule has 2 aromatic rings. The van der Waals surface area contributed by atoms with E-state index in [1.165, 1.54) is 7.11 Å². The van der Waals surface area contributed by atoms with Crippen molar-refractivity contribution in [2.24, 2.45) is 0 Å². The Bertz CT molecular complexity index is 874. The van der Waals surface area contributed by atoms with Crippen LogP contribution in [0.1, 0.15) is 33.1 Å². The number of carbonyl (C=O) groups is 2. The van der Waals surface area contributed by atoms with Crippen molar-refractivity contribution in [1.82, 2.24) is 0 Å². The van der Waals surface area contributed by atoms with Gasteiger partial charge in [0.1, 0.15) is 11.5 Å². The van der Waals surface area contributed by atoms with Gasteiger partial charge in [-0.05, 0) is 43.7 Å². The van der Waals surface area contributed by atoms with E-state index in [1.807, 2.05) is 6.92 Å². The summed E-state index contributed by atoms with van der Waals surface area (Å²) in [5.41, 5.74) is 1.06. The average Bonchev–Trinajstić information content (AvgIpc) is 2.69. The van der Waals surface area contributed by atoms with Crippen molar-refractivity contribution in [3.8, 4) is 11.5 Å². The van der Waals surface area contributed by atoms with E-state index in [0.29, 0.717) is 39.3 Å². The lowest BCUT2D eigenvalue weighted by molar-refractivity contribution is -0.122. The first kappa shape index (κ1) is 22.8. The van der Waals surface area contributed by atoms with E-state index in [1.54, 1.807) is 43.3 Å². The number of nitrogens with one attached hydrogen (secondary N) is 2. The molecule has 2 N–H and O–H groups in total. The van der Waals surface area contributed by atoms with Gasteiger partial charge in [-0.1, -0.05) is 36.5 Å². The zero-order valence-corrected chi connectivity index (χ0v) is 18.1. The highest BCUT2D eigenvalue weighted by Gasteiger charge is 2.17. The smallest absolute Gasteiger partial charge is 0.265 e. The molecule has 1 atom stereocenters. The normalized spacial score (nSPS) is 11.5. The van der Waals surface area contributed by atoms with E-state index in [9.17, 15) is 9.59 Å². The molecule has 0 aliphatic carbocycles. The number of halogens is 2. The summed E-state index contributed by atoms with van der Waals surface area (Å²) >= 11 is 11.9. The molecule has 8 heteroatoms. The first-order valence-electron chi connectivity index (χ1n) is 9.24. The van der Waals surface area contributed by atoms with Crippen molar-refractivity contribution in [2.75, 3.05) is 17.7 Å². The van der Waals surface area contributed by atoms with Crippen LogP contribution in [0.5, 0.6) is 11.5 Å². The second-order valence-corrected chi connectivity index (χ2v) is 7.23. The third-order valence-electron chi connectivity index (χ3n) is 4.07. The Morgan fingerprint density at radius 2 is 1.83 bits per heavy atom. The minimum absolute atomic E-state index is 0.0798. The topological polar surface area (TPSA) is 76.7 Å². The number of methoxy groups -OCH3 is 1. The summed E-state index contributed by atoms with van der Waals surface area (Å²) in [4.78, 5) is 24.4. The molecule has 0 bridgehead atoms. The number of hydrogen-bond acceptors (Lipinski definition) is 4. The van der Waals surface area contributed by atoms with Crippen LogP contribution in [0.25, 0.3) is 0 Å². The summed E-state index contributed by atoms with van der Waals surface area (Å²) in [6.07, 6.45) is 1.41. The van der Waals surface area contributed by atoms with Crippen molar-refractivity contribution in [2.45, 2.75) is 39.2 Å². The van der Waals surface area contributed by atoms with E-state index in [4.69, 9.17) is 32.7 Å². The monoisotopic (exact) mass is 438 g/mol. The Labute approximate surface area is 180 Å². The number of ether oxygens (including phenoxy) is 2. The number of unbranched alkanes of at least 4 members (excludes halogenated alkanes) is 1. The molecule has 0 aromatic heterocycles. The Kier molecular flexibility index (Phi) is 8.61. The molecule has 0 saturated carbocycles. The van der Waals surface area contributed by atoms with Gasteiger partial charge in [0.15, 0.2) is 6.10 Å². The molecule has 0 heterocycles. The second kappa shape index (κ2) is 10.9. The Hall–Kier alpha value is -2.44. The summed E-state index contributed by atoms with van der Waals surface area (Å²) in [5, 5.41) is 6.37. The molecular weight excluding hydrogens is 415 g/mol. The molecule has 0 aliphatic heterocycles. The van der Waals surface area contributed by atoms with Crippen LogP contribution in [0, 0.1) is 0 Å². The van der Waals surface area contributed by atoms with Gasteiger partial charge in [0, 0.05) is 23.2 Å². The molecule has 6 nitrogen and oxygen atoms in total. The molecule has 0 spiro atoms. The van der Waals surface area contributed by atoms with Crippen LogP contribution in [0.2, 0.25) is 10.0 Å². The van der Waals surface area contributed by atoms with Crippen molar-refractivity contribution >= 4 is 46.4 Å². The maximum absolute atomic E-state index is 12.5. The minimum Gasteiger partial charge on any atom is -0.494 e. The maximum atomic E-state index is 12.5. The largest absolute Gasteiger partial charge is 0.494 e. The fourth-order valence-electron chi connectivity index (χ4n) is 2.48. The molecule has 1 unspecified atom stereocenters. The van der Waals surface area contributed by atoms with Crippen LogP contribution < -0.4 is 20.1 Å². The van der Waals surface area contributed by atoms with Gasteiger partial charge in [0.05, 0.1) is 17.8 Å². The van der Waals surface area contributed by atoms with Crippen LogP contribution in [0.3, 0.4) is 0 Å². The fraction of sp³-hybridized carbons (Fsp3) is 0.333. The molecule has 0 radical (unpaired) electrons. The predicted octanol–water partition coefficient (Wildman–Crippen LogP) is 5.54. The Morgan fingerprint density at radius 1 is 1.07 bits per heavy atom. The third kappa shape index (κ3) is 6.84. The van der Waals surface area contributed by atoms with Gasteiger partial charge >= 0.3 is 0 Å². The van der Waals surface area contributed by atoms with Crippen LogP contribution in [-0.2, 0) is 9.59 Å². The third-order valence-corrected chi connectivity index (χ3v) is 4.60. The zero-order valence-electron chi connectivity index (χ0n) is 16.6. The standard InChI is InChI=1S/C21H24Cl2N2O4/c1-4-5-6-20(26)25-17-9-8-15(12-19(17)28-3)24-21(27)13(2)29-18-10-7-14(22)11-16(18)23/h7-13H,4-6H2,1-3H3,(H,24,27)(H,25,26). The number of rotatable bonds is 9. The van der Waals surface area contributed by atoms with Crippen LogP contribution in [0.15, 0.2) is 36.4 Å². The van der Waals surface area contributed by atoms with Crippen LogP contribution in [0.4, 0.5) is 11.4 Å². The van der Waals surface area contributed by atoms with Gasteiger partial charge in [0.2, 0.25) is 5.91 Å². The summed E-state index contributed by atoms with van der Waals surface area (Å²) in [6.45, 7) is 3.64. The second-order valence-electron chi connectivity index (χ2n) is 6.39. The fourth-order valence-corrected chi connectivity index (χ4v) is 2.93. The lowest BCUT2D eigenvalue weighted by Crippen LogP contribution is -2.30. The molecule has 0 saturated heterocycles. The molecule has 0 aliphatic rings. The summed E-state index contributed by atoms with van der Waals surface area (Å²) in [7, 11) is 1.50. The van der Waals surface area contributed by atoms with Crippen LogP contribution >= 0.6 is 23.2 Å². The lowest BCUT2D eigenvalue weighted by atomic mass is 10.2. The quantitative estimate of drug-likeness (QED) is 0.538. The van der Waals surface area contributed by atoms with Crippen molar-refractivity contribution in [1.29, 1.82) is 0 Å². The number of benzene rings is 2. The van der Waals surface area contributed by atoms with Crippen LogP contribution in [-0.4, -0.2) is 25.0 Å². The highest BCUT2D eigenvalue weighted by Crippen LogP contribution is 2.30. The highest BCUT2D eigenvalue weighted by molar-refractivity contribution is 6.35. The number of hydrogen-bond donors (Lipinski definition) is 2. The Morgan fingerprint density at radius 3 is 2.48 bits per heavy atom. The maximum Gasteiger partial charge on any atom is 0.265 e. The number of amides is 2. The first-order chi connectivity index (χ1) is 13.8. The molecule has 2 rings (SSSR count). The Balaban J connectivity index is 2.02. The van der Waals surface area contributed by atoms with E-state index < -0.39 is 6.10 Å². The van der Waals surface area contributed by atoms with Gasteiger partial charge in [-0.15, -0.1) is 0 Å². The van der Waals surface area contributed by atoms with Gasteiger partial charge < -0.3 is 20.1 Å². The molecule has 2 aromatic carbocycles. The molecular formula is C21H24Cl2N2O4. The van der Waals surface area contributed by atoms with Crippen molar-refractivity contribution in [3.05, 3.63) is 46.4 Å². The number of anilines is 2. The average molecular weight is 439 g/mol. The molecule has 0 fully saturated rings. The zero-order chi connectivity index (χ0) is 21.4. The lowest BCUT2D eigenvalue weighted by Gasteiger charge is -2.17.